The molecule has 1 heterocycles. The molecular formula is C14H17N3O3. The maximum atomic E-state index is 10.5. The van der Waals surface area contributed by atoms with E-state index in [4.69, 9.17) is 10.8 Å². The van der Waals surface area contributed by atoms with Crippen molar-refractivity contribution in [1.82, 2.24) is 4.98 Å². The number of aromatic nitrogens is 1. The van der Waals surface area contributed by atoms with Gasteiger partial charge >= 0.3 is 5.97 Å². The van der Waals surface area contributed by atoms with Crippen LogP contribution in [-0.2, 0) is 4.79 Å². The van der Waals surface area contributed by atoms with Crippen LogP contribution < -0.4 is 5.73 Å². The molecular weight excluding hydrogens is 258 g/mol. The summed E-state index contributed by atoms with van der Waals surface area (Å²) < 4.78 is 0. The predicted octanol–water partition coefficient (Wildman–Crippen LogP) is 1.48. The number of aliphatic carboxylic acids is 1. The van der Waals surface area contributed by atoms with Crippen LogP contribution in [0.5, 0.6) is 5.88 Å². The first-order valence-electron chi connectivity index (χ1n) is 6.37. The van der Waals surface area contributed by atoms with Gasteiger partial charge in [-0.2, -0.15) is 0 Å². The third-order valence-electron chi connectivity index (χ3n) is 3.07. The van der Waals surface area contributed by atoms with Gasteiger partial charge in [0.2, 0.25) is 0 Å². The van der Waals surface area contributed by atoms with E-state index in [1.807, 2.05) is 24.3 Å². The molecule has 0 bridgehead atoms. The molecule has 1 aromatic heterocycles. The Morgan fingerprint density at radius 3 is 2.95 bits per heavy atom. The Balaban J connectivity index is 1.97. The fraction of sp³-hybridized carbons (Fsp3) is 0.286. The van der Waals surface area contributed by atoms with E-state index in [1.165, 1.54) is 0 Å². The number of benzene rings is 1. The average molecular weight is 275 g/mol. The van der Waals surface area contributed by atoms with Crippen LogP contribution in [0.15, 0.2) is 29.3 Å². The van der Waals surface area contributed by atoms with Gasteiger partial charge in [-0.1, -0.05) is 18.2 Å². The van der Waals surface area contributed by atoms with Crippen molar-refractivity contribution >= 4 is 23.1 Å². The molecule has 0 radical (unpaired) electrons. The molecule has 2 aromatic rings. The molecule has 6 heteroatoms. The quantitative estimate of drug-likeness (QED) is 0.472. The number of aromatic amines is 1. The van der Waals surface area contributed by atoms with Gasteiger partial charge in [-0.05, 0) is 18.9 Å². The SMILES string of the molecule is N[C@@H](CCCN=Cc1c(O)[nH]c2ccccc12)C(=O)O. The van der Waals surface area contributed by atoms with Gasteiger partial charge in [0.1, 0.15) is 6.04 Å². The average Bonchev–Trinajstić information content (AvgIpc) is 2.74. The third-order valence-corrected chi connectivity index (χ3v) is 3.07. The summed E-state index contributed by atoms with van der Waals surface area (Å²) in [7, 11) is 0. The lowest BCUT2D eigenvalue weighted by Crippen LogP contribution is -2.29. The van der Waals surface area contributed by atoms with E-state index in [0.29, 0.717) is 24.9 Å². The number of carboxylic acid groups (broad SMARTS) is 1. The van der Waals surface area contributed by atoms with Crippen molar-refractivity contribution in [1.29, 1.82) is 0 Å². The lowest BCUT2D eigenvalue weighted by atomic mass is 10.1. The summed E-state index contributed by atoms with van der Waals surface area (Å²) in [5.41, 5.74) is 6.88. The first-order valence-corrected chi connectivity index (χ1v) is 6.37. The van der Waals surface area contributed by atoms with Crippen LogP contribution in [-0.4, -0.2) is 40.0 Å². The van der Waals surface area contributed by atoms with Crippen molar-refractivity contribution in [3.8, 4) is 5.88 Å². The summed E-state index contributed by atoms with van der Waals surface area (Å²) in [6.07, 6.45) is 2.57. The monoisotopic (exact) mass is 275 g/mol. The second-order valence-corrected chi connectivity index (χ2v) is 4.56. The number of aromatic hydroxyl groups is 1. The first kappa shape index (κ1) is 14.1. The highest BCUT2D eigenvalue weighted by Gasteiger charge is 2.10. The Labute approximate surface area is 115 Å². The fourth-order valence-corrected chi connectivity index (χ4v) is 1.96. The molecule has 0 fully saturated rings. The number of rotatable bonds is 6. The van der Waals surface area contributed by atoms with Gasteiger partial charge in [-0.15, -0.1) is 0 Å². The molecule has 0 saturated heterocycles. The Bertz CT molecular complexity index is 634. The zero-order valence-corrected chi connectivity index (χ0v) is 10.9. The van der Waals surface area contributed by atoms with Crippen molar-refractivity contribution in [2.75, 3.05) is 6.54 Å². The number of carboxylic acids is 1. The number of aliphatic imine (C=N–C) groups is 1. The fourth-order valence-electron chi connectivity index (χ4n) is 1.96. The van der Waals surface area contributed by atoms with Crippen molar-refractivity contribution in [3.05, 3.63) is 29.8 Å². The zero-order valence-electron chi connectivity index (χ0n) is 10.9. The summed E-state index contributed by atoms with van der Waals surface area (Å²) in [5, 5.41) is 19.3. The van der Waals surface area contributed by atoms with Crippen molar-refractivity contribution in [2.24, 2.45) is 10.7 Å². The highest BCUT2D eigenvalue weighted by Crippen LogP contribution is 2.24. The summed E-state index contributed by atoms with van der Waals surface area (Å²) in [5.74, 6) is -0.916. The minimum absolute atomic E-state index is 0.0807. The van der Waals surface area contributed by atoms with Crippen LogP contribution in [0, 0.1) is 0 Å². The summed E-state index contributed by atoms with van der Waals surface area (Å²) in [6, 6.07) is 6.70. The van der Waals surface area contributed by atoms with Crippen molar-refractivity contribution in [3.63, 3.8) is 0 Å². The number of fused-ring (bicyclic) bond motifs is 1. The summed E-state index contributed by atoms with van der Waals surface area (Å²) in [4.78, 5) is 17.6. The molecule has 6 nitrogen and oxygen atoms in total. The van der Waals surface area contributed by atoms with E-state index in [2.05, 4.69) is 9.98 Å². The Hall–Kier alpha value is -2.34. The molecule has 1 aromatic carbocycles. The maximum absolute atomic E-state index is 10.5. The molecule has 5 N–H and O–H groups in total. The number of nitrogens with zero attached hydrogens (tertiary/aromatic N) is 1. The van der Waals surface area contributed by atoms with Crippen LogP contribution in [0.25, 0.3) is 10.9 Å². The highest BCUT2D eigenvalue weighted by molar-refractivity contribution is 6.01. The lowest BCUT2D eigenvalue weighted by molar-refractivity contribution is -0.138. The standard InChI is InChI=1S/C14H17N3O3/c15-11(14(19)20)5-3-7-16-8-10-9-4-1-2-6-12(9)17-13(10)18/h1-2,4,6,8,11,17-18H,3,5,7,15H2,(H,19,20)/t11-/m0/s1. The summed E-state index contributed by atoms with van der Waals surface area (Å²) in [6.45, 7) is 0.472. The molecule has 1 atom stereocenters. The predicted molar refractivity (Wildman–Crippen MR) is 77.3 cm³/mol. The van der Waals surface area contributed by atoms with Crippen LogP contribution in [0.4, 0.5) is 0 Å². The Kier molecular flexibility index (Phi) is 4.37. The van der Waals surface area contributed by atoms with Crippen LogP contribution in [0.1, 0.15) is 18.4 Å². The van der Waals surface area contributed by atoms with Crippen molar-refractivity contribution < 1.29 is 15.0 Å². The highest BCUT2D eigenvalue weighted by atomic mass is 16.4. The van der Waals surface area contributed by atoms with E-state index in [0.717, 1.165) is 10.9 Å². The molecule has 0 saturated carbocycles. The van der Waals surface area contributed by atoms with Crippen LogP contribution in [0.3, 0.4) is 0 Å². The minimum atomic E-state index is -0.997. The first-order chi connectivity index (χ1) is 9.59. The van der Waals surface area contributed by atoms with Crippen LogP contribution in [0.2, 0.25) is 0 Å². The summed E-state index contributed by atoms with van der Waals surface area (Å²) >= 11 is 0. The van der Waals surface area contributed by atoms with E-state index < -0.39 is 12.0 Å². The number of hydrogen-bond acceptors (Lipinski definition) is 4. The zero-order chi connectivity index (χ0) is 14.5. The number of nitrogens with one attached hydrogen (secondary N) is 1. The molecule has 0 amide bonds. The molecule has 106 valence electrons. The maximum Gasteiger partial charge on any atom is 0.320 e. The second kappa shape index (κ2) is 6.21. The van der Waals surface area contributed by atoms with Crippen LogP contribution >= 0.6 is 0 Å². The van der Waals surface area contributed by atoms with Gasteiger partial charge in [0.25, 0.3) is 0 Å². The van der Waals surface area contributed by atoms with Gasteiger partial charge < -0.3 is 20.9 Å². The molecule has 2 rings (SSSR count). The van der Waals surface area contributed by atoms with Gasteiger partial charge in [-0.25, -0.2) is 0 Å². The molecule has 0 aliphatic rings. The van der Waals surface area contributed by atoms with Crippen molar-refractivity contribution in [2.45, 2.75) is 18.9 Å². The topological polar surface area (TPSA) is 112 Å². The molecule has 0 aliphatic carbocycles. The van der Waals surface area contributed by atoms with E-state index in [-0.39, 0.29) is 5.88 Å². The van der Waals surface area contributed by atoms with Gasteiger partial charge in [0.15, 0.2) is 5.88 Å². The van der Waals surface area contributed by atoms with Gasteiger partial charge in [0.05, 0.1) is 5.56 Å². The number of para-hydroxylation sites is 1. The van der Waals surface area contributed by atoms with E-state index in [9.17, 15) is 9.90 Å². The minimum Gasteiger partial charge on any atom is -0.494 e. The normalized spacial score (nSPS) is 13.1. The smallest absolute Gasteiger partial charge is 0.320 e. The Morgan fingerprint density at radius 1 is 1.45 bits per heavy atom. The number of carbonyl (C=O) groups is 1. The molecule has 0 unspecified atom stereocenters. The largest absolute Gasteiger partial charge is 0.494 e. The number of hydrogen-bond donors (Lipinski definition) is 4. The molecule has 0 spiro atoms. The molecule has 20 heavy (non-hydrogen) atoms. The molecule has 0 aliphatic heterocycles. The van der Waals surface area contributed by atoms with E-state index >= 15 is 0 Å². The number of nitrogens with two attached hydrogens (primary N) is 1. The lowest BCUT2D eigenvalue weighted by Gasteiger charge is -2.03. The number of H-pyrrole nitrogens is 1. The second-order valence-electron chi connectivity index (χ2n) is 4.56. The van der Waals surface area contributed by atoms with E-state index in [1.54, 1.807) is 6.21 Å². The van der Waals surface area contributed by atoms with Gasteiger partial charge in [0, 0.05) is 23.7 Å². The third kappa shape index (κ3) is 3.16. The van der Waals surface area contributed by atoms with Gasteiger partial charge in [-0.3, -0.25) is 9.79 Å². The Morgan fingerprint density at radius 2 is 2.20 bits per heavy atom.